The van der Waals surface area contributed by atoms with Gasteiger partial charge in [0.2, 0.25) is 0 Å². The summed E-state index contributed by atoms with van der Waals surface area (Å²) in [5.41, 5.74) is 0. The molecule has 0 fully saturated rings. The van der Waals surface area contributed by atoms with Gasteiger partial charge in [0, 0.05) is 6.42 Å². The van der Waals surface area contributed by atoms with Crippen molar-refractivity contribution in [2.24, 2.45) is 5.92 Å². The molecule has 0 aliphatic carbocycles. The normalized spacial score (nSPS) is 17.5. The predicted molar refractivity (Wildman–Crippen MR) is 61.3 cm³/mol. The van der Waals surface area contributed by atoms with E-state index in [-0.39, 0.29) is 5.97 Å². The van der Waals surface area contributed by atoms with Crippen LogP contribution in [0.2, 0.25) is 0 Å². The fourth-order valence-electron chi connectivity index (χ4n) is 1.75. The van der Waals surface area contributed by atoms with Crippen LogP contribution in [0.15, 0.2) is 11.8 Å². The fraction of sp³-hybridized carbons (Fsp3) is 0.769. The molecule has 0 N–H and O–H groups in total. The second-order valence-corrected chi connectivity index (χ2v) is 4.46. The van der Waals surface area contributed by atoms with Gasteiger partial charge in [0.25, 0.3) is 0 Å². The Hall–Kier alpha value is -0.790. The maximum Gasteiger partial charge on any atom is 0.314 e. The summed E-state index contributed by atoms with van der Waals surface area (Å²) >= 11 is 0. The van der Waals surface area contributed by atoms with Gasteiger partial charge in [0.1, 0.15) is 5.76 Å². The number of rotatable bonds is 7. The highest BCUT2D eigenvalue weighted by atomic mass is 16.5. The van der Waals surface area contributed by atoms with Crippen molar-refractivity contribution in [3.8, 4) is 0 Å². The van der Waals surface area contributed by atoms with Crippen molar-refractivity contribution < 1.29 is 9.53 Å². The summed E-state index contributed by atoms with van der Waals surface area (Å²) in [5, 5.41) is 0. The summed E-state index contributed by atoms with van der Waals surface area (Å²) in [6, 6.07) is 0. The van der Waals surface area contributed by atoms with E-state index in [2.05, 4.69) is 13.8 Å². The SMILES string of the molecule is CC[C@H](C)CCCCCC1=CCC(=O)O1. The summed E-state index contributed by atoms with van der Waals surface area (Å²) in [4.78, 5) is 10.8. The van der Waals surface area contributed by atoms with Gasteiger partial charge < -0.3 is 4.74 Å². The smallest absolute Gasteiger partial charge is 0.314 e. The molecule has 0 saturated heterocycles. The van der Waals surface area contributed by atoms with Crippen molar-refractivity contribution >= 4 is 5.97 Å². The Morgan fingerprint density at radius 3 is 2.80 bits per heavy atom. The van der Waals surface area contributed by atoms with Gasteiger partial charge in [-0.3, -0.25) is 4.79 Å². The zero-order valence-corrected chi connectivity index (χ0v) is 9.92. The molecule has 0 unspecified atom stereocenters. The minimum atomic E-state index is -0.0930. The van der Waals surface area contributed by atoms with Gasteiger partial charge >= 0.3 is 5.97 Å². The Morgan fingerprint density at radius 1 is 1.40 bits per heavy atom. The van der Waals surface area contributed by atoms with Crippen LogP contribution < -0.4 is 0 Å². The number of unbranched alkanes of at least 4 members (excludes halogenated alkanes) is 2. The zero-order chi connectivity index (χ0) is 11.1. The van der Waals surface area contributed by atoms with Gasteiger partial charge in [0.15, 0.2) is 0 Å². The van der Waals surface area contributed by atoms with Gasteiger partial charge in [-0.05, 0) is 18.4 Å². The molecule has 86 valence electrons. The van der Waals surface area contributed by atoms with E-state index in [1.165, 1.54) is 25.7 Å². The first kappa shape index (κ1) is 12.3. The highest BCUT2D eigenvalue weighted by Crippen LogP contribution is 2.19. The van der Waals surface area contributed by atoms with E-state index in [4.69, 9.17) is 4.74 Å². The topological polar surface area (TPSA) is 26.3 Å². The molecule has 2 heteroatoms. The second-order valence-electron chi connectivity index (χ2n) is 4.46. The first-order chi connectivity index (χ1) is 7.22. The lowest BCUT2D eigenvalue weighted by molar-refractivity contribution is -0.136. The molecule has 0 saturated carbocycles. The van der Waals surface area contributed by atoms with E-state index in [1.54, 1.807) is 0 Å². The Kier molecular flexibility index (Phi) is 5.44. The number of hydrogen-bond donors (Lipinski definition) is 0. The van der Waals surface area contributed by atoms with E-state index in [1.807, 2.05) is 6.08 Å². The summed E-state index contributed by atoms with van der Waals surface area (Å²) in [6.07, 6.45) is 9.63. The standard InChI is InChI=1S/C13H22O2/c1-3-11(2)7-5-4-6-8-12-9-10-13(14)15-12/h9,11H,3-8,10H2,1-2H3/t11-/m0/s1. The van der Waals surface area contributed by atoms with Gasteiger partial charge in [0.05, 0.1) is 6.42 Å². The predicted octanol–water partition coefficient (Wildman–Crippen LogP) is 3.81. The van der Waals surface area contributed by atoms with Crippen LogP contribution >= 0.6 is 0 Å². The van der Waals surface area contributed by atoms with Crippen LogP contribution in [0, 0.1) is 5.92 Å². The van der Waals surface area contributed by atoms with E-state index < -0.39 is 0 Å². The number of cyclic esters (lactones) is 1. The average molecular weight is 210 g/mol. The average Bonchev–Trinajstić information content (AvgIpc) is 2.63. The quantitative estimate of drug-likeness (QED) is 0.471. The molecule has 0 radical (unpaired) electrons. The highest BCUT2D eigenvalue weighted by Gasteiger charge is 2.13. The molecule has 15 heavy (non-hydrogen) atoms. The van der Waals surface area contributed by atoms with Crippen molar-refractivity contribution in [1.29, 1.82) is 0 Å². The minimum Gasteiger partial charge on any atom is -0.431 e. The summed E-state index contributed by atoms with van der Waals surface area (Å²) in [7, 11) is 0. The largest absolute Gasteiger partial charge is 0.431 e. The molecule has 0 aromatic rings. The summed E-state index contributed by atoms with van der Waals surface area (Å²) in [6.45, 7) is 4.55. The maximum atomic E-state index is 10.8. The molecular weight excluding hydrogens is 188 g/mol. The minimum absolute atomic E-state index is 0.0930. The van der Waals surface area contributed by atoms with Gasteiger partial charge in [-0.2, -0.15) is 0 Å². The number of allylic oxidation sites excluding steroid dienone is 1. The van der Waals surface area contributed by atoms with Crippen molar-refractivity contribution in [3.63, 3.8) is 0 Å². The highest BCUT2D eigenvalue weighted by molar-refractivity contribution is 5.75. The maximum absolute atomic E-state index is 10.8. The molecule has 0 bridgehead atoms. The van der Waals surface area contributed by atoms with E-state index in [0.29, 0.717) is 6.42 Å². The second kappa shape index (κ2) is 6.65. The number of carbonyl (C=O) groups excluding carboxylic acids is 1. The zero-order valence-electron chi connectivity index (χ0n) is 9.92. The van der Waals surface area contributed by atoms with Crippen molar-refractivity contribution in [3.05, 3.63) is 11.8 Å². The number of ether oxygens (including phenoxy) is 1. The van der Waals surface area contributed by atoms with Crippen molar-refractivity contribution in [1.82, 2.24) is 0 Å². The van der Waals surface area contributed by atoms with E-state index in [9.17, 15) is 4.79 Å². The lowest BCUT2D eigenvalue weighted by Gasteiger charge is -2.07. The monoisotopic (exact) mass is 210 g/mol. The molecule has 1 aliphatic rings. The lowest BCUT2D eigenvalue weighted by atomic mass is 10.0. The first-order valence-corrected chi connectivity index (χ1v) is 6.12. The molecule has 1 aliphatic heterocycles. The molecule has 0 spiro atoms. The molecule has 0 aromatic carbocycles. The third-order valence-electron chi connectivity index (χ3n) is 3.06. The van der Waals surface area contributed by atoms with E-state index in [0.717, 1.165) is 24.5 Å². The van der Waals surface area contributed by atoms with Crippen LogP contribution in [0.3, 0.4) is 0 Å². The van der Waals surface area contributed by atoms with Crippen LogP contribution in [0.25, 0.3) is 0 Å². The Balaban J connectivity index is 1.95. The van der Waals surface area contributed by atoms with Crippen LogP contribution in [0.5, 0.6) is 0 Å². The number of esters is 1. The van der Waals surface area contributed by atoms with Crippen LogP contribution in [0.1, 0.15) is 58.8 Å². The van der Waals surface area contributed by atoms with Crippen molar-refractivity contribution in [2.75, 3.05) is 0 Å². The third kappa shape index (κ3) is 5.01. The Morgan fingerprint density at radius 2 is 2.20 bits per heavy atom. The molecule has 1 heterocycles. The number of hydrogen-bond acceptors (Lipinski definition) is 2. The van der Waals surface area contributed by atoms with Crippen LogP contribution in [-0.2, 0) is 9.53 Å². The molecule has 1 atom stereocenters. The van der Waals surface area contributed by atoms with Gasteiger partial charge in [-0.1, -0.05) is 39.5 Å². The lowest BCUT2D eigenvalue weighted by Crippen LogP contribution is -1.94. The Bertz CT molecular complexity index is 231. The van der Waals surface area contributed by atoms with Gasteiger partial charge in [-0.15, -0.1) is 0 Å². The summed E-state index contributed by atoms with van der Waals surface area (Å²) in [5.74, 6) is 1.65. The molecule has 1 rings (SSSR count). The van der Waals surface area contributed by atoms with Crippen LogP contribution in [-0.4, -0.2) is 5.97 Å². The Labute approximate surface area is 92.7 Å². The van der Waals surface area contributed by atoms with Gasteiger partial charge in [-0.25, -0.2) is 0 Å². The molecule has 2 nitrogen and oxygen atoms in total. The first-order valence-electron chi connectivity index (χ1n) is 6.12. The number of carbonyl (C=O) groups is 1. The molecule has 0 aromatic heterocycles. The van der Waals surface area contributed by atoms with Crippen molar-refractivity contribution in [2.45, 2.75) is 58.8 Å². The summed E-state index contributed by atoms with van der Waals surface area (Å²) < 4.78 is 5.03. The fourth-order valence-corrected chi connectivity index (χ4v) is 1.75. The van der Waals surface area contributed by atoms with E-state index >= 15 is 0 Å². The van der Waals surface area contributed by atoms with Crippen LogP contribution in [0.4, 0.5) is 0 Å². The third-order valence-corrected chi connectivity index (χ3v) is 3.06. The molecular formula is C13H22O2. The molecule has 0 amide bonds.